The van der Waals surface area contributed by atoms with Gasteiger partial charge in [0.1, 0.15) is 0 Å². The molecule has 4 aromatic rings. The Bertz CT molecular complexity index is 1090. The quantitative estimate of drug-likeness (QED) is 0.419. The minimum absolute atomic E-state index is 0.468. The molecule has 0 aromatic heterocycles. The molecule has 0 atom stereocenters. The maximum absolute atomic E-state index is 9.46. The second kappa shape index (κ2) is 5.10. The van der Waals surface area contributed by atoms with Crippen molar-refractivity contribution in [2.24, 2.45) is 0 Å². The molecule has 0 heterocycles. The van der Waals surface area contributed by atoms with Crippen LogP contribution >= 0.6 is 0 Å². The molecule has 0 unspecified atom stereocenters. The minimum Gasteiger partial charge on any atom is -0.423 e. The van der Waals surface area contributed by atoms with Crippen LogP contribution in [0.25, 0.3) is 32.3 Å². The molecule has 0 saturated carbocycles. The summed E-state index contributed by atoms with van der Waals surface area (Å²) >= 11 is 0. The minimum atomic E-state index is -1.49. The topological polar surface area (TPSA) is 64.2 Å². The Morgan fingerprint density at radius 1 is 0.696 bits per heavy atom. The summed E-state index contributed by atoms with van der Waals surface area (Å²) in [7, 11) is -1.49. The Labute approximate surface area is 133 Å². The molecular formula is C19H12BNO2. The van der Waals surface area contributed by atoms with E-state index in [4.69, 9.17) is 0 Å². The van der Waals surface area contributed by atoms with Gasteiger partial charge in [-0.1, -0.05) is 48.5 Å². The number of hydrogen-bond acceptors (Lipinski definition) is 3. The van der Waals surface area contributed by atoms with Crippen LogP contribution in [0.5, 0.6) is 0 Å². The fraction of sp³-hybridized carbons (Fsp3) is 0. The Morgan fingerprint density at radius 3 is 1.87 bits per heavy atom. The summed E-state index contributed by atoms with van der Waals surface area (Å²) in [6.07, 6.45) is 0. The Hall–Kier alpha value is -2.87. The highest BCUT2D eigenvalue weighted by Crippen LogP contribution is 2.34. The molecule has 0 radical (unpaired) electrons. The number of rotatable bonds is 1. The van der Waals surface area contributed by atoms with Crippen LogP contribution in [0.4, 0.5) is 0 Å². The van der Waals surface area contributed by atoms with Gasteiger partial charge in [-0.05, 0) is 49.9 Å². The third-order valence-electron chi connectivity index (χ3n) is 4.29. The molecule has 2 N–H and O–H groups in total. The molecule has 23 heavy (non-hydrogen) atoms. The first-order valence-corrected chi connectivity index (χ1v) is 7.33. The van der Waals surface area contributed by atoms with E-state index in [1.54, 1.807) is 6.07 Å². The molecule has 0 bridgehead atoms. The van der Waals surface area contributed by atoms with E-state index in [0.29, 0.717) is 11.0 Å². The first kappa shape index (κ1) is 13.8. The lowest BCUT2D eigenvalue weighted by molar-refractivity contribution is 0.426. The van der Waals surface area contributed by atoms with Crippen LogP contribution in [0, 0.1) is 11.3 Å². The molecular weight excluding hydrogens is 285 g/mol. The van der Waals surface area contributed by atoms with E-state index in [9.17, 15) is 15.3 Å². The summed E-state index contributed by atoms with van der Waals surface area (Å²) in [5, 5.41) is 34.3. The monoisotopic (exact) mass is 297 g/mol. The molecule has 0 aliphatic rings. The van der Waals surface area contributed by atoms with E-state index in [1.807, 2.05) is 54.6 Å². The highest BCUT2D eigenvalue weighted by atomic mass is 16.4. The molecule has 3 nitrogen and oxygen atoms in total. The van der Waals surface area contributed by atoms with Crippen molar-refractivity contribution in [2.45, 2.75) is 0 Å². The summed E-state index contributed by atoms with van der Waals surface area (Å²) in [5.74, 6) is 0. The summed E-state index contributed by atoms with van der Waals surface area (Å²) in [6.45, 7) is 0. The molecule has 0 amide bonds. The van der Waals surface area contributed by atoms with E-state index in [1.165, 1.54) is 0 Å². The van der Waals surface area contributed by atoms with Crippen LogP contribution in [-0.2, 0) is 0 Å². The highest BCUT2D eigenvalue weighted by molar-refractivity contribution is 6.59. The van der Waals surface area contributed by atoms with E-state index in [2.05, 4.69) is 6.07 Å². The first-order chi connectivity index (χ1) is 11.2. The average Bonchev–Trinajstić information content (AvgIpc) is 2.61. The van der Waals surface area contributed by atoms with Crippen LogP contribution in [0.2, 0.25) is 0 Å². The summed E-state index contributed by atoms with van der Waals surface area (Å²) in [4.78, 5) is 0. The second-order valence-corrected chi connectivity index (χ2v) is 5.60. The normalized spacial score (nSPS) is 11.0. The van der Waals surface area contributed by atoms with Gasteiger partial charge >= 0.3 is 7.12 Å². The predicted molar refractivity (Wildman–Crippen MR) is 93.5 cm³/mol. The maximum Gasteiger partial charge on any atom is 0.488 e. The third-order valence-corrected chi connectivity index (χ3v) is 4.29. The Morgan fingerprint density at radius 2 is 1.26 bits per heavy atom. The van der Waals surface area contributed by atoms with Gasteiger partial charge in [-0.25, -0.2) is 0 Å². The van der Waals surface area contributed by atoms with E-state index >= 15 is 0 Å². The Balaban J connectivity index is 2.27. The van der Waals surface area contributed by atoms with Gasteiger partial charge in [0.15, 0.2) is 0 Å². The van der Waals surface area contributed by atoms with Gasteiger partial charge in [0.05, 0.1) is 11.6 Å². The van der Waals surface area contributed by atoms with Crippen molar-refractivity contribution in [3.8, 4) is 6.07 Å². The zero-order chi connectivity index (χ0) is 16.0. The SMILES string of the molecule is N#Cc1ccc2c3ccc(B(O)O)cc3c3ccccc3c2c1. The van der Waals surface area contributed by atoms with Crippen molar-refractivity contribution < 1.29 is 10.0 Å². The van der Waals surface area contributed by atoms with Crippen LogP contribution in [0.15, 0.2) is 60.7 Å². The second-order valence-electron chi connectivity index (χ2n) is 5.60. The van der Waals surface area contributed by atoms with Crippen molar-refractivity contribution in [3.63, 3.8) is 0 Å². The summed E-state index contributed by atoms with van der Waals surface area (Å²) in [6, 6.07) is 21.3. The molecule has 0 aliphatic carbocycles. The molecule has 108 valence electrons. The lowest BCUT2D eigenvalue weighted by Crippen LogP contribution is -2.29. The average molecular weight is 297 g/mol. The van der Waals surface area contributed by atoms with Crippen molar-refractivity contribution in [2.75, 3.05) is 0 Å². The number of fused-ring (bicyclic) bond motifs is 6. The summed E-state index contributed by atoms with van der Waals surface area (Å²) in [5.41, 5.74) is 1.10. The van der Waals surface area contributed by atoms with Crippen LogP contribution in [-0.4, -0.2) is 17.2 Å². The maximum atomic E-state index is 9.46. The number of benzene rings is 4. The van der Waals surface area contributed by atoms with Gasteiger partial charge < -0.3 is 10.0 Å². The molecule has 0 spiro atoms. The highest BCUT2D eigenvalue weighted by Gasteiger charge is 2.14. The van der Waals surface area contributed by atoms with Crippen LogP contribution < -0.4 is 5.46 Å². The van der Waals surface area contributed by atoms with Gasteiger partial charge in [0.25, 0.3) is 0 Å². The fourth-order valence-corrected chi connectivity index (χ4v) is 3.20. The molecule has 0 saturated heterocycles. The van der Waals surface area contributed by atoms with E-state index in [-0.39, 0.29) is 0 Å². The zero-order valence-corrected chi connectivity index (χ0v) is 12.2. The number of nitrogens with zero attached hydrogens (tertiary/aromatic N) is 1. The smallest absolute Gasteiger partial charge is 0.423 e. The van der Waals surface area contributed by atoms with E-state index < -0.39 is 7.12 Å². The van der Waals surface area contributed by atoms with Crippen molar-refractivity contribution in [1.29, 1.82) is 5.26 Å². The summed E-state index contributed by atoms with van der Waals surface area (Å²) < 4.78 is 0. The van der Waals surface area contributed by atoms with E-state index in [0.717, 1.165) is 32.3 Å². The molecule has 4 heteroatoms. The number of hydrogen-bond donors (Lipinski definition) is 2. The van der Waals surface area contributed by atoms with Gasteiger partial charge in [0, 0.05) is 0 Å². The van der Waals surface area contributed by atoms with Gasteiger partial charge in [0.2, 0.25) is 0 Å². The predicted octanol–water partition coefficient (Wildman–Crippen LogP) is 2.70. The Kier molecular flexibility index (Phi) is 3.05. The molecule has 4 aromatic carbocycles. The first-order valence-electron chi connectivity index (χ1n) is 7.33. The third kappa shape index (κ3) is 2.07. The van der Waals surface area contributed by atoms with Gasteiger partial charge in [-0.3, -0.25) is 0 Å². The van der Waals surface area contributed by atoms with Gasteiger partial charge in [-0.2, -0.15) is 5.26 Å². The van der Waals surface area contributed by atoms with Crippen molar-refractivity contribution in [1.82, 2.24) is 0 Å². The van der Waals surface area contributed by atoms with Crippen molar-refractivity contribution in [3.05, 3.63) is 66.2 Å². The number of nitriles is 1. The largest absolute Gasteiger partial charge is 0.488 e. The van der Waals surface area contributed by atoms with Crippen LogP contribution in [0.1, 0.15) is 5.56 Å². The molecule has 0 aliphatic heterocycles. The molecule has 4 rings (SSSR count). The van der Waals surface area contributed by atoms with Gasteiger partial charge in [-0.15, -0.1) is 0 Å². The zero-order valence-electron chi connectivity index (χ0n) is 12.2. The lowest BCUT2D eigenvalue weighted by atomic mass is 9.78. The standard InChI is InChI=1S/C19H12BNO2/c21-11-12-5-7-16-17-8-6-13(20(22)23)10-19(17)15-4-2-1-3-14(15)18(16)9-12/h1-10,22-23H. The fourth-order valence-electron chi connectivity index (χ4n) is 3.20. The van der Waals surface area contributed by atoms with Crippen molar-refractivity contribution >= 4 is 44.9 Å². The van der Waals surface area contributed by atoms with Crippen LogP contribution in [0.3, 0.4) is 0 Å². The lowest BCUT2D eigenvalue weighted by Gasteiger charge is -2.12. The molecule has 0 fully saturated rings.